The van der Waals surface area contributed by atoms with E-state index in [1.54, 1.807) is 31.6 Å². The van der Waals surface area contributed by atoms with E-state index < -0.39 is 10.0 Å². The van der Waals surface area contributed by atoms with Crippen LogP contribution in [0.2, 0.25) is 0 Å². The smallest absolute Gasteiger partial charge is 0.266 e. The van der Waals surface area contributed by atoms with Crippen LogP contribution < -0.4 is 4.72 Å². The molecule has 0 radical (unpaired) electrons. The number of hydrogen-bond donors (Lipinski definition) is 2. The van der Waals surface area contributed by atoms with E-state index in [2.05, 4.69) is 20.0 Å². The Morgan fingerprint density at radius 1 is 1.29 bits per heavy atom. The Bertz CT molecular complexity index is 765. The SMILES string of the molecule is Cc1nn(C)c(C)c1S(=O)(=O)Nc1cc(C(C)(C)C)[nH]n1. The van der Waals surface area contributed by atoms with Gasteiger partial charge < -0.3 is 0 Å². The van der Waals surface area contributed by atoms with Crippen molar-refractivity contribution in [2.45, 2.75) is 44.9 Å². The van der Waals surface area contributed by atoms with E-state index in [-0.39, 0.29) is 16.1 Å². The topological polar surface area (TPSA) is 92.7 Å². The highest BCUT2D eigenvalue weighted by atomic mass is 32.2. The van der Waals surface area contributed by atoms with Crippen molar-refractivity contribution in [2.24, 2.45) is 7.05 Å². The Labute approximate surface area is 124 Å². The maximum atomic E-state index is 12.5. The van der Waals surface area contributed by atoms with Crippen molar-refractivity contribution < 1.29 is 8.42 Å². The first-order chi connectivity index (χ1) is 9.52. The van der Waals surface area contributed by atoms with E-state index in [0.717, 1.165) is 5.69 Å². The molecule has 0 bridgehead atoms. The number of rotatable bonds is 3. The van der Waals surface area contributed by atoms with Crippen LogP contribution >= 0.6 is 0 Å². The summed E-state index contributed by atoms with van der Waals surface area (Å²) in [6, 6.07) is 1.71. The van der Waals surface area contributed by atoms with Crippen LogP contribution in [0.5, 0.6) is 0 Å². The number of nitrogens with zero attached hydrogens (tertiary/aromatic N) is 3. The molecule has 2 rings (SSSR count). The van der Waals surface area contributed by atoms with E-state index >= 15 is 0 Å². The lowest BCUT2D eigenvalue weighted by atomic mass is 9.92. The Balaban J connectivity index is 2.36. The fourth-order valence-electron chi connectivity index (χ4n) is 2.09. The van der Waals surface area contributed by atoms with Crippen molar-refractivity contribution in [2.75, 3.05) is 4.72 Å². The monoisotopic (exact) mass is 311 g/mol. The van der Waals surface area contributed by atoms with Gasteiger partial charge >= 0.3 is 0 Å². The number of hydrogen-bond acceptors (Lipinski definition) is 4. The number of aryl methyl sites for hydroxylation is 2. The number of anilines is 1. The van der Waals surface area contributed by atoms with Crippen LogP contribution in [0.1, 0.15) is 37.9 Å². The molecule has 0 saturated heterocycles. The molecule has 2 heterocycles. The first-order valence-electron chi connectivity index (χ1n) is 6.61. The highest BCUT2D eigenvalue weighted by molar-refractivity contribution is 7.92. The third kappa shape index (κ3) is 2.94. The minimum Gasteiger partial charge on any atom is -0.280 e. The lowest BCUT2D eigenvalue weighted by molar-refractivity contribution is 0.567. The van der Waals surface area contributed by atoms with Crippen LogP contribution in [0.15, 0.2) is 11.0 Å². The third-order valence-electron chi connectivity index (χ3n) is 3.34. The summed E-state index contributed by atoms with van der Waals surface area (Å²) in [5.74, 6) is 0.280. The zero-order valence-electron chi connectivity index (χ0n) is 13.1. The summed E-state index contributed by atoms with van der Waals surface area (Å²) in [5, 5.41) is 11.0. The maximum Gasteiger partial charge on any atom is 0.266 e. The molecule has 0 atom stereocenters. The lowest BCUT2D eigenvalue weighted by Gasteiger charge is -2.14. The standard InChI is InChI=1S/C13H21N5O2S/c1-8-12(9(2)18(6)16-8)21(19,20)17-11-7-10(14-15-11)13(3,4)5/h7H,1-6H3,(H2,14,15,17). The molecule has 0 aliphatic rings. The van der Waals surface area contributed by atoms with Crippen molar-refractivity contribution in [1.29, 1.82) is 0 Å². The second-order valence-corrected chi connectivity index (χ2v) is 7.77. The van der Waals surface area contributed by atoms with Gasteiger partial charge in [-0.15, -0.1) is 0 Å². The van der Waals surface area contributed by atoms with Crippen molar-refractivity contribution in [3.63, 3.8) is 0 Å². The van der Waals surface area contributed by atoms with Gasteiger partial charge in [0.05, 0.1) is 11.4 Å². The molecule has 0 saturated carbocycles. The van der Waals surface area contributed by atoms with Crippen LogP contribution in [0, 0.1) is 13.8 Å². The molecule has 0 unspecified atom stereocenters. The molecule has 0 amide bonds. The molecule has 0 aliphatic carbocycles. The Kier molecular flexibility index (Phi) is 3.61. The summed E-state index contributed by atoms with van der Waals surface area (Å²) in [6.07, 6.45) is 0. The molecule has 8 heteroatoms. The molecule has 0 aromatic carbocycles. The highest BCUT2D eigenvalue weighted by Gasteiger charge is 2.25. The number of aromatic amines is 1. The van der Waals surface area contributed by atoms with E-state index in [9.17, 15) is 8.42 Å². The Hall–Kier alpha value is -1.83. The van der Waals surface area contributed by atoms with Crippen molar-refractivity contribution in [1.82, 2.24) is 20.0 Å². The van der Waals surface area contributed by atoms with Gasteiger partial charge in [-0.2, -0.15) is 10.2 Å². The van der Waals surface area contributed by atoms with Gasteiger partial charge in [0.2, 0.25) is 0 Å². The molecule has 2 aromatic heterocycles. The van der Waals surface area contributed by atoms with Gasteiger partial charge in [-0.3, -0.25) is 14.5 Å². The molecular formula is C13H21N5O2S. The predicted molar refractivity (Wildman–Crippen MR) is 80.8 cm³/mol. The van der Waals surface area contributed by atoms with Crippen LogP contribution in [0.4, 0.5) is 5.82 Å². The fraction of sp³-hybridized carbons (Fsp3) is 0.538. The van der Waals surface area contributed by atoms with Crippen LogP contribution in [-0.2, 0) is 22.5 Å². The molecule has 2 N–H and O–H groups in total. The van der Waals surface area contributed by atoms with Crippen LogP contribution in [0.3, 0.4) is 0 Å². The van der Waals surface area contributed by atoms with Crippen molar-refractivity contribution >= 4 is 15.8 Å². The summed E-state index contributed by atoms with van der Waals surface area (Å²) in [5.41, 5.74) is 1.79. The summed E-state index contributed by atoms with van der Waals surface area (Å²) in [4.78, 5) is 0.199. The van der Waals surface area contributed by atoms with Gasteiger partial charge in [0, 0.05) is 24.2 Å². The predicted octanol–water partition coefficient (Wildman–Crippen LogP) is 1.86. The second-order valence-electron chi connectivity index (χ2n) is 6.15. The number of sulfonamides is 1. The molecule has 21 heavy (non-hydrogen) atoms. The van der Waals surface area contributed by atoms with Gasteiger partial charge in [0.15, 0.2) is 5.82 Å². The maximum absolute atomic E-state index is 12.5. The van der Waals surface area contributed by atoms with Gasteiger partial charge in [0.25, 0.3) is 10.0 Å². The molecule has 0 fully saturated rings. The first-order valence-corrected chi connectivity index (χ1v) is 8.09. The molecule has 2 aromatic rings. The molecular weight excluding hydrogens is 290 g/mol. The first kappa shape index (κ1) is 15.6. The molecule has 0 spiro atoms. The van der Waals surface area contributed by atoms with E-state index in [1.165, 1.54) is 0 Å². The zero-order valence-corrected chi connectivity index (χ0v) is 14.0. The summed E-state index contributed by atoms with van der Waals surface area (Å²) in [6.45, 7) is 9.46. The van der Waals surface area contributed by atoms with E-state index in [4.69, 9.17) is 0 Å². The van der Waals surface area contributed by atoms with Crippen LogP contribution in [0.25, 0.3) is 0 Å². The van der Waals surface area contributed by atoms with E-state index in [1.807, 2.05) is 20.8 Å². The third-order valence-corrected chi connectivity index (χ3v) is 4.94. The summed E-state index contributed by atoms with van der Waals surface area (Å²) >= 11 is 0. The van der Waals surface area contributed by atoms with Gasteiger partial charge in [-0.05, 0) is 13.8 Å². The zero-order chi connectivity index (χ0) is 16.0. The Morgan fingerprint density at radius 2 is 1.90 bits per heavy atom. The fourth-order valence-corrected chi connectivity index (χ4v) is 3.52. The summed E-state index contributed by atoms with van der Waals surface area (Å²) in [7, 11) is -1.99. The number of nitrogens with one attached hydrogen (secondary N) is 2. The number of H-pyrrole nitrogens is 1. The highest BCUT2D eigenvalue weighted by Crippen LogP contribution is 2.25. The average molecular weight is 311 g/mol. The van der Waals surface area contributed by atoms with Crippen molar-refractivity contribution in [3.05, 3.63) is 23.1 Å². The summed E-state index contributed by atoms with van der Waals surface area (Å²) < 4.78 is 29.0. The van der Waals surface area contributed by atoms with Crippen molar-refractivity contribution in [3.8, 4) is 0 Å². The molecule has 0 aliphatic heterocycles. The van der Waals surface area contributed by atoms with E-state index in [0.29, 0.717) is 11.4 Å². The van der Waals surface area contributed by atoms with Gasteiger partial charge in [-0.25, -0.2) is 8.42 Å². The minimum absolute atomic E-state index is 0.128. The molecule has 7 nitrogen and oxygen atoms in total. The molecule has 116 valence electrons. The van der Waals surface area contributed by atoms with Gasteiger partial charge in [0.1, 0.15) is 4.90 Å². The average Bonchev–Trinajstić information content (AvgIpc) is 2.84. The Morgan fingerprint density at radius 3 is 2.33 bits per heavy atom. The number of aromatic nitrogens is 4. The second kappa shape index (κ2) is 4.87. The minimum atomic E-state index is -3.70. The normalized spacial score (nSPS) is 12.7. The largest absolute Gasteiger partial charge is 0.280 e. The quantitative estimate of drug-likeness (QED) is 0.905. The van der Waals surface area contributed by atoms with Gasteiger partial charge in [-0.1, -0.05) is 20.8 Å². The lowest BCUT2D eigenvalue weighted by Crippen LogP contribution is -2.15. The van der Waals surface area contributed by atoms with Crippen LogP contribution in [-0.4, -0.2) is 28.4 Å².